The molecule has 0 amide bonds. The third kappa shape index (κ3) is 2.88. The number of rotatable bonds is 3. The van der Waals surface area contributed by atoms with Gasteiger partial charge in [0.15, 0.2) is 5.82 Å². The van der Waals surface area contributed by atoms with E-state index in [9.17, 15) is 0 Å². The van der Waals surface area contributed by atoms with Crippen LogP contribution < -0.4 is 5.32 Å². The van der Waals surface area contributed by atoms with Crippen LogP contribution in [0, 0.1) is 0 Å². The van der Waals surface area contributed by atoms with Crippen molar-refractivity contribution in [3.63, 3.8) is 0 Å². The summed E-state index contributed by atoms with van der Waals surface area (Å²) in [6, 6.07) is 26.3. The Morgan fingerprint density at radius 2 is 1.46 bits per heavy atom. The molecule has 1 aromatic heterocycles. The molecule has 4 aromatic rings. The van der Waals surface area contributed by atoms with Gasteiger partial charge in [0.25, 0.3) is 0 Å². The lowest BCUT2D eigenvalue weighted by Crippen LogP contribution is -1.99. The van der Waals surface area contributed by atoms with Crippen LogP contribution >= 0.6 is 15.9 Å². The van der Waals surface area contributed by atoms with Crippen molar-refractivity contribution in [3.8, 4) is 11.3 Å². The zero-order valence-corrected chi connectivity index (χ0v) is 14.4. The van der Waals surface area contributed by atoms with Crippen LogP contribution in [0.2, 0.25) is 0 Å². The van der Waals surface area contributed by atoms with E-state index in [0.717, 1.165) is 38.0 Å². The SMILES string of the molecule is Brc1cccc(Nc2nnc(-c3ccccc3)c3ccccc23)c1. The fraction of sp³-hybridized carbons (Fsp3) is 0. The average Bonchev–Trinajstić information content (AvgIpc) is 2.63. The van der Waals surface area contributed by atoms with E-state index in [1.165, 1.54) is 0 Å². The van der Waals surface area contributed by atoms with Crippen molar-refractivity contribution in [2.24, 2.45) is 0 Å². The van der Waals surface area contributed by atoms with Crippen LogP contribution in [0.3, 0.4) is 0 Å². The van der Waals surface area contributed by atoms with Crippen molar-refractivity contribution < 1.29 is 0 Å². The van der Waals surface area contributed by atoms with E-state index < -0.39 is 0 Å². The third-order valence-electron chi connectivity index (χ3n) is 3.82. The molecule has 0 fully saturated rings. The molecule has 3 aromatic carbocycles. The van der Waals surface area contributed by atoms with Crippen LogP contribution in [-0.2, 0) is 0 Å². The number of hydrogen-bond donors (Lipinski definition) is 1. The van der Waals surface area contributed by atoms with Crippen LogP contribution in [0.1, 0.15) is 0 Å². The summed E-state index contributed by atoms with van der Waals surface area (Å²) in [6.45, 7) is 0. The molecule has 1 N–H and O–H groups in total. The summed E-state index contributed by atoms with van der Waals surface area (Å²) in [5.74, 6) is 0.753. The summed E-state index contributed by atoms with van der Waals surface area (Å²) in [4.78, 5) is 0. The van der Waals surface area contributed by atoms with Crippen LogP contribution in [-0.4, -0.2) is 10.2 Å². The van der Waals surface area contributed by atoms with Gasteiger partial charge in [-0.2, -0.15) is 0 Å². The second-order valence-electron chi connectivity index (χ2n) is 5.44. The Bertz CT molecular complexity index is 1000. The molecule has 0 aliphatic heterocycles. The molecule has 0 aliphatic rings. The Morgan fingerprint density at radius 3 is 2.25 bits per heavy atom. The fourth-order valence-electron chi connectivity index (χ4n) is 2.71. The van der Waals surface area contributed by atoms with Gasteiger partial charge in [-0.15, -0.1) is 10.2 Å². The maximum Gasteiger partial charge on any atom is 0.161 e. The Kier molecular flexibility index (Phi) is 3.97. The zero-order valence-electron chi connectivity index (χ0n) is 12.8. The molecule has 0 bridgehead atoms. The van der Waals surface area contributed by atoms with Crippen molar-refractivity contribution in [2.45, 2.75) is 0 Å². The van der Waals surface area contributed by atoms with E-state index in [-0.39, 0.29) is 0 Å². The highest BCUT2D eigenvalue weighted by atomic mass is 79.9. The molecule has 4 heteroatoms. The molecular weight excluding hydrogens is 362 g/mol. The maximum atomic E-state index is 4.47. The van der Waals surface area contributed by atoms with Gasteiger partial charge < -0.3 is 5.32 Å². The normalized spacial score (nSPS) is 10.7. The van der Waals surface area contributed by atoms with E-state index in [2.05, 4.69) is 55.7 Å². The van der Waals surface area contributed by atoms with Gasteiger partial charge in [-0.05, 0) is 18.2 Å². The Hall–Kier alpha value is -2.72. The predicted octanol–water partition coefficient (Wildman–Crippen LogP) is 5.80. The molecular formula is C20H14BrN3. The van der Waals surface area contributed by atoms with Gasteiger partial charge >= 0.3 is 0 Å². The van der Waals surface area contributed by atoms with Crippen LogP contribution in [0.25, 0.3) is 22.0 Å². The largest absolute Gasteiger partial charge is 0.338 e. The van der Waals surface area contributed by atoms with Gasteiger partial charge in [0.2, 0.25) is 0 Å². The van der Waals surface area contributed by atoms with Crippen molar-refractivity contribution in [1.29, 1.82) is 0 Å². The summed E-state index contributed by atoms with van der Waals surface area (Å²) >= 11 is 3.49. The molecule has 0 aliphatic carbocycles. The molecule has 24 heavy (non-hydrogen) atoms. The topological polar surface area (TPSA) is 37.8 Å². The summed E-state index contributed by atoms with van der Waals surface area (Å²) < 4.78 is 1.02. The number of halogens is 1. The number of benzene rings is 3. The minimum Gasteiger partial charge on any atom is -0.338 e. The highest BCUT2D eigenvalue weighted by Gasteiger charge is 2.10. The van der Waals surface area contributed by atoms with E-state index in [4.69, 9.17) is 0 Å². The summed E-state index contributed by atoms with van der Waals surface area (Å²) in [5, 5.41) is 14.4. The molecule has 116 valence electrons. The number of aromatic nitrogens is 2. The molecule has 0 atom stereocenters. The number of fused-ring (bicyclic) bond motifs is 1. The van der Waals surface area contributed by atoms with Gasteiger partial charge in [-0.1, -0.05) is 76.6 Å². The van der Waals surface area contributed by atoms with Crippen molar-refractivity contribution in [2.75, 3.05) is 5.32 Å². The molecule has 1 heterocycles. The van der Waals surface area contributed by atoms with Gasteiger partial charge in [-0.3, -0.25) is 0 Å². The first-order valence-electron chi connectivity index (χ1n) is 7.65. The average molecular weight is 376 g/mol. The Morgan fingerprint density at radius 1 is 0.708 bits per heavy atom. The van der Waals surface area contributed by atoms with Gasteiger partial charge in [0.1, 0.15) is 5.69 Å². The van der Waals surface area contributed by atoms with E-state index in [1.807, 2.05) is 54.6 Å². The highest BCUT2D eigenvalue weighted by Crippen LogP contribution is 2.31. The highest BCUT2D eigenvalue weighted by molar-refractivity contribution is 9.10. The van der Waals surface area contributed by atoms with Crippen LogP contribution in [0.4, 0.5) is 11.5 Å². The lowest BCUT2D eigenvalue weighted by atomic mass is 10.0. The van der Waals surface area contributed by atoms with E-state index >= 15 is 0 Å². The maximum absolute atomic E-state index is 4.47. The van der Waals surface area contributed by atoms with Gasteiger partial charge in [0, 0.05) is 26.5 Å². The molecule has 0 spiro atoms. The Labute approximate surface area is 148 Å². The minimum atomic E-state index is 0.753. The fourth-order valence-corrected chi connectivity index (χ4v) is 3.11. The molecule has 0 radical (unpaired) electrons. The van der Waals surface area contributed by atoms with Gasteiger partial charge in [0.05, 0.1) is 0 Å². The molecule has 3 nitrogen and oxygen atoms in total. The zero-order chi connectivity index (χ0) is 16.4. The first-order valence-corrected chi connectivity index (χ1v) is 8.44. The minimum absolute atomic E-state index is 0.753. The molecule has 0 saturated heterocycles. The van der Waals surface area contributed by atoms with Crippen LogP contribution in [0.15, 0.2) is 83.3 Å². The monoisotopic (exact) mass is 375 g/mol. The lowest BCUT2D eigenvalue weighted by Gasteiger charge is -2.11. The number of nitrogens with zero attached hydrogens (tertiary/aromatic N) is 2. The predicted molar refractivity (Wildman–Crippen MR) is 102 cm³/mol. The van der Waals surface area contributed by atoms with Crippen molar-refractivity contribution in [1.82, 2.24) is 10.2 Å². The van der Waals surface area contributed by atoms with E-state index in [0.29, 0.717) is 0 Å². The van der Waals surface area contributed by atoms with E-state index in [1.54, 1.807) is 0 Å². The first kappa shape index (κ1) is 14.8. The summed E-state index contributed by atoms with van der Waals surface area (Å²) in [7, 11) is 0. The summed E-state index contributed by atoms with van der Waals surface area (Å²) in [6.07, 6.45) is 0. The third-order valence-corrected chi connectivity index (χ3v) is 4.32. The summed E-state index contributed by atoms with van der Waals surface area (Å²) in [5.41, 5.74) is 2.93. The Balaban J connectivity index is 1.84. The molecule has 4 rings (SSSR count). The standard InChI is InChI=1S/C20H14BrN3/c21-15-9-6-10-16(13-15)22-20-18-12-5-4-11-17(18)19(23-24-20)14-7-2-1-3-8-14/h1-13H,(H,22,24). The van der Waals surface area contributed by atoms with Crippen LogP contribution in [0.5, 0.6) is 0 Å². The molecule has 0 unspecified atom stereocenters. The van der Waals surface area contributed by atoms with Crippen molar-refractivity contribution in [3.05, 3.63) is 83.3 Å². The lowest BCUT2D eigenvalue weighted by molar-refractivity contribution is 1.06. The van der Waals surface area contributed by atoms with Gasteiger partial charge in [-0.25, -0.2) is 0 Å². The van der Waals surface area contributed by atoms with Crippen molar-refractivity contribution >= 4 is 38.2 Å². The second kappa shape index (κ2) is 6.42. The number of nitrogens with one attached hydrogen (secondary N) is 1. The quantitative estimate of drug-likeness (QED) is 0.491. The smallest absolute Gasteiger partial charge is 0.161 e. The number of anilines is 2. The molecule has 0 saturated carbocycles. The number of hydrogen-bond acceptors (Lipinski definition) is 3. The second-order valence-corrected chi connectivity index (χ2v) is 6.36. The first-order chi connectivity index (χ1) is 11.8.